The number of nitrogens with one attached hydrogen (secondary N) is 1. The first kappa shape index (κ1) is 13.9. The molecule has 4 nitrogen and oxygen atoms in total. The predicted molar refractivity (Wildman–Crippen MR) is 92.0 cm³/mol. The molecule has 1 saturated carbocycles. The minimum Gasteiger partial charge on any atom is -0.346 e. The Morgan fingerprint density at radius 2 is 2.04 bits per heavy atom. The maximum atomic E-state index is 12.7. The van der Waals surface area contributed by atoms with Gasteiger partial charge in [0.05, 0.1) is 4.70 Å². The Morgan fingerprint density at radius 1 is 1.22 bits per heavy atom. The van der Waals surface area contributed by atoms with Crippen molar-refractivity contribution < 1.29 is 4.79 Å². The lowest BCUT2D eigenvalue weighted by Crippen LogP contribution is -2.57. The van der Waals surface area contributed by atoms with Crippen LogP contribution in [0.2, 0.25) is 0 Å². The molecule has 6 rings (SSSR count). The number of hydrogen-bond acceptors (Lipinski definition) is 4. The van der Waals surface area contributed by atoms with Crippen molar-refractivity contribution in [1.29, 1.82) is 0 Å². The Labute approximate surface area is 140 Å². The van der Waals surface area contributed by atoms with Crippen LogP contribution in [0.1, 0.15) is 47.7 Å². The summed E-state index contributed by atoms with van der Waals surface area (Å²) in [7, 11) is 0. The van der Waals surface area contributed by atoms with E-state index in [4.69, 9.17) is 0 Å². The molecular weight excluding hydrogens is 306 g/mol. The van der Waals surface area contributed by atoms with E-state index in [2.05, 4.69) is 32.8 Å². The molecule has 3 aliphatic heterocycles. The molecule has 120 valence electrons. The van der Waals surface area contributed by atoms with E-state index in [1.165, 1.54) is 55.9 Å². The molecule has 0 unspecified atom stereocenters. The topological polar surface area (TPSA) is 45.2 Å². The molecule has 4 aliphatic rings. The van der Waals surface area contributed by atoms with Crippen LogP contribution in [0.5, 0.6) is 0 Å². The molecule has 2 aromatic rings. The van der Waals surface area contributed by atoms with Gasteiger partial charge in [-0.2, -0.15) is 4.37 Å². The van der Waals surface area contributed by atoms with Crippen LogP contribution in [0, 0.1) is 5.92 Å². The van der Waals surface area contributed by atoms with Crippen LogP contribution in [0.4, 0.5) is 0 Å². The molecule has 1 aromatic heterocycles. The molecule has 1 atom stereocenters. The zero-order valence-electron chi connectivity index (χ0n) is 13.1. The van der Waals surface area contributed by atoms with E-state index in [0.717, 1.165) is 22.5 Å². The van der Waals surface area contributed by atoms with E-state index in [9.17, 15) is 4.79 Å². The van der Waals surface area contributed by atoms with Crippen LogP contribution in [-0.4, -0.2) is 40.9 Å². The minimum atomic E-state index is 0.00849. The van der Waals surface area contributed by atoms with Crippen molar-refractivity contribution in [3.05, 3.63) is 29.5 Å². The number of carbonyl (C=O) groups excluding carboxylic acids is 1. The maximum Gasteiger partial charge on any atom is 0.271 e. The zero-order chi connectivity index (χ0) is 15.4. The van der Waals surface area contributed by atoms with Crippen LogP contribution >= 0.6 is 11.5 Å². The third kappa shape index (κ3) is 2.46. The number of fused-ring (bicyclic) bond motifs is 4. The Bertz CT molecular complexity index is 759. The largest absolute Gasteiger partial charge is 0.346 e. The SMILES string of the molecule is O=C(N[C@@H]1CN2CCC1CC2)c1nsc2cc(C3CC3)ccc12. The summed E-state index contributed by atoms with van der Waals surface area (Å²) in [5.41, 5.74) is 2.02. The molecule has 2 bridgehead atoms. The molecule has 4 heterocycles. The average Bonchev–Trinajstić information content (AvgIpc) is 3.35. The fraction of sp³-hybridized carbons (Fsp3) is 0.556. The van der Waals surface area contributed by atoms with Gasteiger partial charge in [-0.25, -0.2) is 0 Å². The first-order valence-corrected chi connectivity index (χ1v) is 9.48. The third-order valence-corrected chi connectivity index (χ3v) is 6.54. The Balaban J connectivity index is 1.38. The number of benzene rings is 1. The second-order valence-corrected chi connectivity index (χ2v) is 8.08. The number of nitrogens with zero attached hydrogens (tertiary/aromatic N) is 2. The fourth-order valence-corrected chi connectivity index (χ4v) is 4.98. The molecule has 3 saturated heterocycles. The van der Waals surface area contributed by atoms with Crippen molar-refractivity contribution in [3.63, 3.8) is 0 Å². The van der Waals surface area contributed by atoms with Crippen LogP contribution < -0.4 is 5.32 Å². The van der Waals surface area contributed by atoms with Crippen molar-refractivity contribution in [2.75, 3.05) is 19.6 Å². The summed E-state index contributed by atoms with van der Waals surface area (Å²) in [6.07, 6.45) is 5.04. The zero-order valence-corrected chi connectivity index (χ0v) is 13.9. The van der Waals surface area contributed by atoms with Gasteiger partial charge < -0.3 is 10.2 Å². The highest BCUT2D eigenvalue weighted by Gasteiger charge is 2.35. The molecule has 4 fully saturated rings. The number of aromatic nitrogens is 1. The molecule has 1 aromatic carbocycles. The molecule has 1 amide bonds. The van der Waals surface area contributed by atoms with E-state index >= 15 is 0 Å². The Kier molecular flexibility index (Phi) is 3.20. The smallest absolute Gasteiger partial charge is 0.271 e. The Morgan fingerprint density at radius 3 is 2.74 bits per heavy atom. The van der Waals surface area contributed by atoms with E-state index in [1.807, 2.05) is 0 Å². The van der Waals surface area contributed by atoms with Gasteiger partial charge in [0.2, 0.25) is 0 Å². The highest BCUT2D eigenvalue weighted by molar-refractivity contribution is 7.13. The van der Waals surface area contributed by atoms with Crippen molar-refractivity contribution in [3.8, 4) is 0 Å². The van der Waals surface area contributed by atoms with Gasteiger partial charge in [-0.15, -0.1) is 0 Å². The minimum absolute atomic E-state index is 0.00849. The molecule has 0 radical (unpaired) electrons. The summed E-state index contributed by atoms with van der Waals surface area (Å²) in [4.78, 5) is 15.2. The molecule has 23 heavy (non-hydrogen) atoms. The van der Waals surface area contributed by atoms with Gasteiger partial charge in [0.1, 0.15) is 5.69 Å². The Hall–Kier alpha value is -1.46. The number of hydrogen-bond donors (Lipinski definition) is 1. The third-order valence-electron chi connectivity index (χ3n) is 5.73. The molecule has 1 aliphatic carbocycles. The highest BCUT2D eigenvalue weighted by Crippen LogP contribution is 2.41. The lowest BCUT2D eigenvalue weighted by atomic mass is 9.84. The van der Waals surface area contributed by atoms with Crippen molar-refractivity contribution in [2.45, 2.75) is 37.6 Å². The average molecular weight is 327 g/mol. The monoisotopic (exact) mass is 327 g/mol. The van der Waals surface area contributed by atoms with Crippen molar-refractivity contribution in [2.24, 2.45) is 5.92 Å². The number of carbonyl (C=O) groups is 1. The number of piperidine rings is 3. The summed E-state index contributed by atoms with van der Waals surface area (Å²) < 4.78 is 5.61. The summed E-state index contributed by atoms with van der Waals surface area (Å²) >= 11 is 1.46. The standard InChI is InChI=1S/C18H21N3OS/c22-18(19-15-10-21-7-5-12(15)6-8-21)17-14-4-3-13(11-1-2-11)9-16(14)23-20-17/h3-4,9,11-12,15H,1-2,5-8,10H2,(H,19,22)/t15-/m1/s1. The van der Waals surface area contributed by atoms with Gasteiger partial charge in [-0.1, -0.05) is 12.1 Å². The van der Waals surface area contributed by atoms with E-state index < -0.39 is 0 Å². The maximum absolute atomic E-state index is 12.7. The van der Waals surface area contributed by atoms with Gasteiger partial charge in [0, 0.05) is 18.0 Å². The van der Waals surface area contributed by atoms with E-state index in [1.54, 1.807) is 0 Å². The summed E-state index contributed by atoms with van der Waals surface area (Å²) in [5, 5.41) is 4.27. The van der Waals surface area contributed by atoms with Crippen LogP contribution in [0.25, 0.3) is 10.1 Å². The second kappa shape index (κ2) is 5.28. The molecule has 0 spiro atoms. The lowest BCUT2D eigenvalue weighted by Gasteiger charge is -2.44. The van der Waals surface area contributed by atoms with E-state index in [-0.39, 0.29) is 5.91 Å². The first-order valence-electron chi connectivity index (χ1n) is 8.70. The predicted octanol–water partition coefficient (Wildman–Crippen LogP) is 3.00. The van der Waals surface area contributed by atoms with Gasteiger partial charge in [0.25, 0.3) is 5.91 Å². The van der Waals surface area contributed by atoms with Crippen LogP contribution in [0.3, 0.4) is 0 Å². The van der Waals surface area contributed by atoms with Gasteiger partial charge in [-0.3, -0.25) is 4.79 Å². The normalized spacial score (nSPS) is 29.8. The summed E-state index contributed by atoms with van der Waals surface area (Å²) in [6, 6.07) is 6.81. The first-order chi connectivity index (χ1) is 11.3. The number of rotatable bonds is 3. The van der Waals surface area contributed by atoms with Crippen LogP contribution in [0.15, 0.2) is 18.2 Å². The summed E-state index contributed by atoms with van der Waals surface area (Å²) in [6.45, 7) is 3.39. The van der Waals surface area contributed by atoms with Gasteiger partial charge in [-0.05, 0) is 73.8 Å². The molecule has 5 heteroatoms. The second-order valence-electron chi connectivity index (χ2n) is 7.28. The van der Waals surface area contributed by atoms with Gasteiger partial charge >= 0.3 is 0 Å². The quantitative estimate of drug-likeness (QED) is 0.942. The van der Waals surface area contributed by atoms with Crippen LogP contribution in [-0.2, 0) is 0 Å². The number of amides is 1. The summed E-state index contributed by atoms with van der Waals surface area (Å²) in [5.74, 6) is 1.40. The van der Waals surface area contributed by atoms with Gasteiger partial charge in [0.15, 0.2) is 0 Å². The highest BCUT2D eigenvalue weighted by atomic mass is 32.1. The molecule has 1 N–H and O–H groups in total. The van der Waals surface area contributed by atoms with E-state index in [0.29, 0.717) is 17.7 Å². The van der Waals surface area contributed by atoms with Crippen molar-refractivity contribution >= 4 is 27.5 Å². The fourth-order valence-electron chi connectivity index (χ4n) is 4.15. The lowest BCUT2D eigenvalue weighted by molar-refractivity contribution is 0.0619. The van der Waals surface area contributed by atoms with Crippen molar-refractivity contribution in [1.82, 2.24) is 14.6 Å². The molecular formula is C18H21N3OS.